The van der Waals surface area contributed by atoms with Gasteiger partial charge in [-0.2, -0.15) is 0 Å². The first-order chi connectivity index (χ1) is 12.9. The summed E-state index contributed by atoms with van der Waals surface area (Å²) < 4.78 is 2.60. The van der Waals surface area contributed by atoms with Gasteiger partial charge < -0.3 is 5.32 Å². The second kappa shape index (κ2) is 7.80. The molecule has 0 aliphatic rings. The fourth-order valence-electron chi connectivity index (χ4n) is 2.98. The number of nitrogens with zero attached hydrogens (tertiary/aromatic N) is 2. The van der Waals surface area contributed by atoms with Gasteiger partial charge in [0.1, 0.15) is 6.54 Å². The number of benzene rings is 2. The lowest BCUT2D eigenvalue weighted by Crippen LogP contribution is -2.44. The van der Waals surface area contributed by atoms with Crippen molar-refractivity contribution >= 4 is 28.5 Å². The molecule has 0 radical (unpaired) electrons. The van der Waals surface area contributed by atoms with Gasteiger partial charge in [0.2, 0.25) is 5.91 Å². The highest BCUT2D eigenvalue weighted by Gasteiger charge is 2.16. The zero-order valence-electron chi connectivity index (χ0n) is 15.1. The summed E-state index contributed by atoms with van der Waals surface area (Å²) in [7, 11) is 0. The number of aromatic nitrogens is 2. The molecule has 1 aromatic heterocycles. The van der Waals surface area contributed by atoms with Crippen LogP contribution in [-0.4, -0.2) is 21.1 Å². The second-order valence-corrected chi connectivity index (χ2v) is 7.06. The van der Waals surface area contributed by atoms with Crippen molar-refractivity contribution in [3.63, 3.8) is 0 Å². The monoisotopic (exact) mass is 385 g/mol. The van der Waals surface area contributed by atoms with E-state index in [0.29, 0.717) is 16.1 Å². The number of nitrogens with one attached hydrogen (secondary N) is 1. The van der Waals surface area contributed by atoms with Gasteiger partial charge in [0.15, 0.2) is 0 Å². The number of hydrogen-bond acceptors (Lipinski definition) is 3. The van der Waals surface area contributed by atoms with Crippen LogP contribution in [0.3, 0.4) is 0 Å². The van der Waals surface area contributed by atoms with Gasteiger partial charge in [-0.15, -0.1) is 0 Å². The molecule has 0 fully saturated rings. The van der Waals surface area contributed by atoms with Crippen molar-refractivity contribution in [3.05, 3.63) is 79.8 Å². The molecule has 0 saturated heterocycles. The van der Waals surface area contributed by atoms with E-state index < -0.39 is 11.1 Å². The minimum Gasteiger partial charge on any atom is -0.352 e. The predicted octanol–water partition coefficient (Wildman–Crippen LogP) is 2.39. The van der Waals surface area contributed by atoms with Crippen molar-refractivity contribution in [1.82, 2.24) is 14.5 Å². The molecule has 0 spiro atoms. The van der Waals surface area contributed by atoms with Crippen molar-refractivity contribution < 1.29 is 4.79 Å². The van der Waals surface area contributed by atoms with E-state index in [2.05, 4.69) is 5.32 Å². The predicted molar refractivity (Wildman–Crippen MR) is 106 cm³/mol. The minimum absolute atomic E-state index is 0.0681. The third kappa shape index (κ3) is 4.11. The lowest BCUT2D eigenvalue weighted by atomic mass is 10.2. The molecule has 1 N–H and O–H groups in total. The Labute approximate surface area is 161 Å². The largest absolute Gasteiger partial charge is 0.352 e. The number of carbonyl (C=O) groups is 1. The van der Waals surface area contributed by atoms with Crippen LogP contribution in [0.5, 0.6) is 0 Å². The van der Waals surface area contributed by atoms with Crippen molar-refractivity contribution in [2.24, 2.45) is 0 Å². The van der Waals surface area contributed by atoms with Crippen molar-refractivity contribution in [3.8, 4) is 0 Å². The normalized spacial score (nSPS) is 11.1. The molecular formula is C20H20ClN3O3. The van der Waals surface area contributed by atoms with Crippen molar-refractivity contribution in [2.45, 2.75) is 33.0 Å². The van der Waals surface area contributed by atoms with Gasteiger partial charge in [0, 0.05) is 11.1 Å². The maximum atomic E-state index is 12.8. The molecule has 140 valence electrons. The molecule has 0 unspecified atom stereocenters. The fraction of sp³-hybridized carbons (Fsp3) is 0.250. The van der Waals surface area contributed by atoms with Crippen LogP contribution in [0.4, 0.5) is 0 Å². The van der Waals surface area contributed by atoms with Crippen molar-refractivity contribution in [2.75, 3.05) is 0 Å². The summed E-state index contributed by atoms with van der Waals surface area (Å²) in [6.45, 7) is 3.67. The number of carbonyl (C=O) groups excluding carboxylic acids is 1. The maximum absolute atomic E-state index is 12.8. The number of halogens is 1. The van der Waals surface area contributed by atoms with Gasteiger partial charge in [-0.1, -0.05) is 41.9 Å². The van der Waals surface area contributed by atoms with Crippen LogP contribution < -0.4 is 16.4 Å². The van der Waals surface area contributed by atoms with Gasteiger partial charge >= 0.3 is 11.1 Å². The molecule has 3 rings (SSSR count). The molecular weight excluding hydrogens is 366 g/mol. The van der Waals surface area contributed by atoms with Gasteiger partial charge in [-0.05, 0) is 37.6 Å². The molecule has 7 heteroatoms. The Morgan fingerprint density at radius 3 is 2.33 bits per heavy atom. The Hall–Kier alpha value is -2.86. The molecule has 0 bridgehead atoms. The average Bonchev–Trinajstić information content (AvgIpc) is 2.62. The Bertz CT molecular complexity index is 1100. The van der Waals surface area contributed by atoms with Crippen LogP contribution in [0.2, 0.25) is 5.02 Å². The molecule has 0 atom stereocenters. The van der Waals surface area contributed by atoms with Crippen molar-refractivity contribution in [1.29, 1.82) is 0 Å². The summed E-state index contributed by atoms with van der Waals surface area (Å²) >= 11 is 6.11. The number of rotatable bonds is 5. The highest BCUT2D eigenvalue weighted by Crippen LogP contribution is 2.18. The fourth-order valence-corrected chi connectivity index (χ4v) is 3.15. The molecule has 27 heavy (non-hydrogen) atoms. The standard InChI is InChI=1S/C20H20ClN3O3/c1-13(2)22-18(25)12-24-17-10-15(21)8-9-16(17)23(19(26)20(24)27)11-14-6-4-3-5-7-14/h3-10,13H,11-12H2,1-2H3,(H,22,25). The quantitative estimate of drug-likeness (QED) is 0.685. The number of hydrogen-bond donors (Lipinski definition) is 1. The second-order valence-electron chi connectivity index (χ2n) is 6.62. The van der Waals surface area contributed by atoms with E-state index in [0.717, 1.165) is 5.56 Å². The smallest absolute Gasteiger partial charge is 0.317 e. The van der Waals surface area contributed by atoms with Crippen LogP contribution in [0.15, 0.2) is 58.1 Å². The summed E-state index contributed by atoms with van der Waals surface area (Å²) in [4.78, 5) is 37.7. The third-order valence-electron chi connectivity index (χ3n) is 4.13. The highest BCUT2D eigenvalue weighted by atomic mass is 35.5. The third-order valence-corrected chi connectivity index (χ3v) is 4.36. The van der Waals surface area contributed by atoms with E-state index in [4.69, 9.17) is 11.6 Å². The molecule has 1 heterocycles. The number of fused-ring (bicyclic) bond motifs is 1. The summed E-state index contributed by atoms with van der Waals surface area (Å²) in [5.41, 5.74) is 0.461. The minimum atomic E-state index is -0.750. The van der Waals surface area contributed by atoms with E-state index in [1.165, 1.54) is 9.13 Å². The molecule has 6 nitrogen and oxygen atoms in total. The Morgan fingerprint density at radius 1 is 1.00 bits per heavy atom. The highest BCUT2D eigenvalue weighted by molar-refractivity contribution is 6.31. The summed E-state index contributed by atoms with van der Waals surface area (Å²) in [5.74, 6) is -0.339. The van der Waals surface area contributed by atoms with E-state index in [9.17, 15) is 14.4 Å². The van der Waals surface area contributed by atoms with Gasteiger partial charge in [0.25, 0.3) is 0 Å². The van der Waals surface area contributed by atoms with Gasteiger partial charge in [-0.3, -0.25) is 23.5 Å². The first-order valence-electron chi connectivity index (χ1n) is 8.63. The Balaban J connectivity index is 2.18. The molecule has 0 aliphatic heterocycles. The van der Waals surface area contributed by atoms with E-state index in [1.54, 1.807) is 18.2 Å². The molecule has 0 saturated carbocycles. The summed E-state index contributed by atoms with van der Waals surface area (Å²) in [5, 5.41) is 3.15. The Morgan fingerprint density at radius 2 is 1.67 bits per heavy atom. The van der Waals surface area contributed by atoms with E-state index in [1.807, 2.05) is 44.2 Å². The van der Waals surface area contributed by atoms with Gasteiger partial charge in [0.05, 0.1) is 17.6 Å². The van der Waals surface area contributed by atoms with Crippen LogP contribution in [0, 0.1) is 0 Å². The molecule has 3 aromatic rings. The van der Waals surface area contributed by atoms with Crippen LogP contribution in [0.1, 0.15) is 19.4 Å². The lowest BCUT2D eigenvalue weighted by Gasteiger charge is -2.16. The van der Waals surface area contributed by atoms with Gasteiger partial charge in [-0.25, -0.2) is 0 Å². The lowest BCUT2D eigenvalue weighted by molar-refractivity contribution is -0.122. The van der Waals surface area contributed by atoms with E-state index in [-0.39, 0.29) is 25.0 Å². The summed E-state index contributed by atoms with van der Waals surface area (Å²) in [6, 6.07) is 14.3. The maximum Gasteiger partial charge on any atom is 0.317 e. The number of amides is 1. The zero-order chi connectivity index (χ0) is 19.6. The average molecular weight is 386 g/mol. The Kier molecular flexibility index (Phi) is 5.46. The first-order valence-corrected chi connectivity index (χ1v) is 9.01. The topological polar surface area (TPSA) is 73.1 Å². The molecule has 0 aliphatic carbocycles. The van der Waals surface area contributed by atoms with Crippen LogP contribution in [-0.2, 0) is 17.9 Å². The summed E-state index contributed by atoms with van der Waals surface area (Å²) in [6.07, 6.45) is 0. The van der Waals surface area contributed by atoms with Crippen LogP contribution in [0.25, 0.3) is 11.0 Å². The molecule has 2 aromatic carbocycles. The first kappa shape index (κ1) is 18.9. The zero-order valence-corrected chi connectivity index (χ0v) is 15.9. The van der Waals surface area contributed by atoms with E-state index >= 15 is 0 Å². The molecule has 1 amide bonds. The SMILES string of the molecule is CC(C)NC(=O)Cn1c(=O)c(=O)n(Cc2ccccc2)c2ccc(Cl)cc21. The van der Waals surface area contributed by atoms with Crippen LogP contribution >= 0.6 is 11.6 Å².